The second-order valence-corrected chi connectivity index (χ2v) is 4.68. The zero-order valence-corrected chi connectivity index (χ0v) is 10.1. The molecule has 1 saturated carbocycles. The zero-order chi connectivity index (χ0) is 11.2. The molecule has 0 bridgehead atoms. The molecule has 90 valence electrons. The highest BCUT2D eigenvalue weighted by atomic mass is 15.3. The van der Waals surface area contributed by atoms with E-state index < -0.39 is 0 Å². The predicted molar refractivity (Wildman–Crippen MR) is 64.1 cm³/mol. The Hall–Kier alpha value is -0.900. The summed E-state index contributed by atoms with van der Waals surface area (Å²) in [5, 5.41) is 7.80. The quantitative estimate of drug-likeness (QED) is 0.826. The summed E-state index contributed by atoms with van der Waals surface area (Å²) in [6, 6.07) is 0.562. The van der Waals surface area contributed by atoms with Crippen molar-refractivity contribution in [2.75, 3.05) is 6.54 Å². The fraction of sp³-hybridized carbons (Fsp3) is 0.833. The van der Waals surface area contributed by atoms with Gasteiger partial charge in [-0.2, -0.15) is 5.10 Å². The molecular formula is C12H22N4. The van der Waals surface area contributed by atoms with Crippen LogP contribution in [0.15, 0.2) is 12.7 Å². The fourth-order valence-corrected chi connectivity index (χ4v) is 2.71. The molecule has 1 aromatic heterocycles. The Morgan fingerprint density at radius 3 is 2.81 bits per heavy atom. The van der Waals surface area contributed by atoms with Crippen LogP contribution in [0.1, 0.15) is 39.0 Å². The van der Waals surface area contributed by atoms with Crippen molar-refractivity contribution in [1.29, 1.82) is 0 Å². The van der Waals surface area contributed by atoms with Crippen LogP contribution in [0.4, 0.5) is 0 Å². The van der Waals surface area contributed by atoms with E-state index >= 15 is 0 Å². The Morgan fingerprint density at radius 2 is 2.19 bits per heavy atom. The number of nitrogens with one attached hydrogen (secondary N) is 1. The van der Waals surface area contributed by atoms with Gasteiger partial charge in [-0.25, -0.2) is 4.98 Å². The van der Waals surface area contributed by atoms with Crippen molar-refractivity contribution in [3.05, 3.63) is 12.7 Å². The van der Waals surface area contributed by atoms with Crippen molar-refractivity contribution in [3.8, 4) is 0 Å². The maximum Gasteiger partial charge on any atom is 0.137 e. The highest BCUT2D eigenvalue weighted by Gasteiger charge is 2.23. The molecule has 0 aliphatic heterocycles. The third-order valence-electron chi connectivity index (χ3n) is 3.54. The van der Waals surface area contributed by atoms with Crippen LogP contribution in [-0.2, 0) is 6.54 Å². The van der Waals surface area contributed by atoms with Crippen LogP contribution in [0.3, 0.4) is 0 Å². The second kappa shape index (κ2) is 5.99. The molecule has 1 N–H and O–H groups in total. The lowest BCUT2D eigenvalue weighted by molar-refractivity contribution is 0.245. The molecule has 1 aliphatic rings. The smallest absolute Gasteiger partial charge is 0.137 e. The zero-order valence-electron chi connectivity index (χ0n) is 10.1. The molecule has 2 rings (SSSR count). The molecule has 1 aliphatic carbocycles. The highest BCUT2D eigenvalue weighted by molar-refractivity contribution is 4.79. The topological polar surface area (TPSA) is 42.7 Å². The van der Waals surface area contributed by atoms with Gasteiger partial charge in [-0.05, 0) is 25.3 Å². The monoisotopic (exact) mass is 222 g/mol. The lowest BCUT2D eigenvalue weighted by Gasteiger charge is -2.30. The SMILES string of the molecule is CCNC(Cn1cncn1)C1CCCCC1. The van der Waals surface area contributed by atoms with Gasteiger partial charge in [0.25, 0.3) is 0 Å². The van der Waals surface area contributed by atoms with E-state index in [1.54, 1.807) is 6.33 Å². The molecule has 1 fully saturated rings. The Bertz CT molecular complexity index is 277. The summed E-state index contributed by atoms with van der Waals surface area (Å²) in [6.45, 7) is 4.17. The molecule has 0 saturated heterocycles. The van der Waals surface area contributed by atoms with E-state index in [4.69, 9.17) is 0 Å². The summed E-state index contributed by atoms with van der Waals surface area (Å²) >= 11 is 0. The predicted octanol–water partition coefficient (Wildman–Crippen LogP) is 1.84. The molecule has 1 unspecified atom stereocenters. The number of hydrogen-bond donors (Lipinski definition) is 1. The van der Waals surface area contributed by atoms with Gasteiger partial charge in [0.05, 0.1) is 6.54 Å². The number of nitrogens with zero attached hydrogens (tertiary/aromatic N) is 3. The van der Waals surface area contributed by atoms with E-state index in [1.165, 1.54) is 32.1 Å². The van der Waals surface area contributed by atoms with Crippen LogP contribution in [0.2, 0.25) is 0 Å². The van der Waals surface area contributed by atoms with E-state index in [2.05, 4.69) is 22.3 Å². The average molecular weight is 222 g/mol. The minimum Gasteiger partial charge on any atom is -0.312 e. The van der Waals surface area contributed by atoms with Crippen LogP contribution in [0.25, 0.3) is 0 Å². The van der Waals surface area contributed by atoms with Gasteiger partial charge in [0.15, 0.2) is 0 Å². The van der Waals surface area contributed by atoms with Crippen LogP contribution in [0.5, 0.6) is 0 Å². The summed E-state index contributed by atoms with van der Waals surface area (Å²) in [4.78, 5) is 4.00. The van der Waals surface area contributed by atoms with Gasteiger partial charge in [0, 0.05) is 6.04 Å². The molecule has 1 atom stereocenters. The standard InChI is InChI=1S/C12H22N4/c1-2-14-12(8-16-10-13-9-15-16)11-6-4-3-5-7-11/h9-12,14H,2-8H2,1H3. The number of aromatic nitrogens is 3. The van der Waals surface area contributed by atoms with Crippen molar-refractivity contribution in [1.82, 2.24) is 20.1 Å². The lowest BCUT2D eigenvalue weighted by atomic mass is 9.84. The van der Waals surface area contributed by atoms with Gasteiger partial charge in [0.1, 0.15) is 12.7 Å². The van der Waals surface area contributed by atoms with E-state index in [0.717, 1.165) is 19.0 Å². The van der Waals surface area contributed by atoms with Crippen LogP contribution in [-0.4, -0.2) is 27.4 Å². The van der Waals surface area contributed by atoms with E-state index in [1.807, 2.05) is 11.0 Å². The number of rotatable bonds is 5. The van der Waals surface area contributed by atoms with Crippen LogP contribution in [0, 0.1) is 5.92 Å². The summed E-state index contributed by atoms with van der Waals surface area (Å²) < 4.78 is 1.95. The Morgan fingerprint density at radius 1 is 1.38 bits per heavy atom. The number of hydrogen-bond acceptors (Lipinski definition) is 3. The molecule has 1 aromatic rings. The van der Waals surface area contributed by atoms with Crippen LogP contribution < -0.4 is 5.32 Å². The van der Waals surface area contributed by atoms with Crippen molar-refractivity contribution < 1.29 is 0 Å². The molecule has 0 spiro atoms. The van der Waals surface area contributed by atoms with Crippen molar-refractivity contribution >= 4 is 0 Å². The van der Waals surface area contributed by atoms with Gasteiger partial charge in [-0.3, -0.25) is 4.68 Å². The largest absolute Gasteiger partial charge is 0.312 e. The second-order valence-electron chi connectivity index (χ2n) is 4.68. The average Bonchev–Trinajstić information content (AvgIpc) is 2.83. The Kier molecular flexibility index (Phi) is 4.34. The Labute approximate surface area is 97.5 Å². The molecule has 4 nitrogen and oxygen atoms in total. The van der Waals surface area contributed by atoms with E-state index in [0.29, 0.717) is 6.04 Å². The lowest BCUT2D eigenvalue weighted by Crippen LogP contribution is -2.40. The molecule has 1 heterocycles. The van der Waals surface area contributed by atoms with E-state index in [-0.39, 0.29) is 0 Å². The van der Waals surface area contributed by atoms with Gasteiger partial charge >= 0.3 is 0 Å². The fourth-order valence-electron chi connectivity index (χ4n) is 2.71. The third-order valence-corrected chi connectivity index (χ3v) is 3.54. The molecule has 0 amide bonds. The van der Waals surface area contributed by atoms with Gasteiger partial charge in [-0.15, -0.1) is 0 Å². The van der Waals surface area contributed by atoms with Crippen LogP contribution >= 0.6 is 0 Å². The summed E-state index contributed by atoms with van der Waals surface area (Å²) in [6.07, 6.45) is 10.4. The van der Waals surface area contributed by atoms with Gasteiger partial charge in [-0.1, -0.05) is 26.2 Å². The summed E-state index contributed by atoms with van der Waals surface area (Å²) in [7, 11) is 0. The first kappa shape index (κ1) is 11.6. The molecular weight excluding hydrogens is 200 g/mol. The first-order valence-electron chi connectivity index (χ1n) is 6.46. The van der Waals surface area contributed by atoms with Crippen molar-refractivity contribution in [2.24, 2.45) is 5.92 Å². The van der Waals surface area contributed by atoms with E-state index in [9.17, 15) is 0 Å². The molecule has 16 heavy (non-hydrogen) atoms. The molecule has 4 heteroatoms. The van der Waals surface area contributed by atoms with Crippen molar-refractivity contribution in [2.45, 2.75) is 51.6 Å². The van der Waals surface area contributed by atoms with Crippen molar-refractivity contribution in [3.63, 3.8) is 0 Å². The van der Waals surface area contributed by atoms with Gasteiger partial charge in [0.2, 0.25) is 0 Å². The molecule has 0 aromatic carbocycles. The minimum atomic E-state index is 0.562. The summed E-state index contributed by atoms with van der Waals surface area (Å²) in [5.74, 6) is 0.817. The minimum absolute atomic E-state index is 0.562. The first-order valence-corrected chi connectivity index (χ1v) is 6.46. The van der Waals surface area contributed by atoms with Gasteiger partial charge < -0.3 is 5.32 Å². The highest BCUT2D eigenvalue weighted by Crippen LogP contribution is 2.27. The third kappa shape index (κ3) is 3.04. The Balaban J connectivity index is 1.92. The maximum absolute atomic E-state index is 4.20. The first-order chi connectivity index (χ1) is 7.90. The summed E-state index contributed by atoms with van der Waals surface area (Å²) in [5.41, 5.74) is 0. The maximum atomic E-state index is 4.20. The molecule has 0 radical (unpaired) electrons. The number of likely N-dealkylation sites (N-methyl/N-ethyl adjacent to an activating group) is 1. The normalized spacial score (nSPS) is 19.8.